The molecule has 0 spiro atoms. The number of fused-ring (bicyclic) bond motifs is 2. The molecule has 144 valence electrons. The van der Waals surface area contributed by atoms with Gasteiger partial charge in [0, 0.05) is 25.6 Å². The Kier molecular flexibility index (Phi) is 4.91. The molecule has 3 heterocycles. The van der Waals surface area contributed by atoms with Gasteiger partial charge in [-0.2, -0.15) is 0 Å². The average Bonchev–Trinajstić information content (AvgIpc) is 3.29. The van der Waals surface area contributed by atoms with Crippen molar-refractivity contribution in [2.45, 2.75) is 6.04 Å². The Morgan fingerprint density at radius 1 is 1.04 bits per heavy atom. The van der Waals surface area contributed by atoms with E-state index in [1.54, 1.807) is 18.2 Å². The highest BCUT2D eigenvalue weighted by molar-refractivity contribution is 5.93. The van der Waals surface area contributed by atoms with Crippen molar-refractivity contribution in [3.05, 3.63) is 76.3 Å². The molecule has 2 saturated heterocycles. The van der Waals surface area contributed by atoms with E-state index in [1.807, 2.05) is 29.2 Å². The predicted molar refractivity (Wildman–Crippen MR) is 110 cm³/mol. The molecule has 0 saturated carbocycles. The molecule has 0 radical (unpaired) electrons. The summed E-state index contributed by atoms with van der Waals surface area (Å²) in [7, 11) is 0. The Labute approximate surface area is 168 Å². The molecule has 2 aromatic carbocycles. The van der Waals surface area contributed by atoms with Crippen LogP contribution in [0.25, 0.3) is 10.9 Å². The standard InChI is InChI=1S/C21H20N4O2.ClH/c26-20-15-8-4-5-9-17(15)23-19(24-20)21(27)25-12-14-10-22-11-16(14)18(25)13-6-2-1-3-7-13;/h1-9,14,16,18,22H,10-12H2,(H,23,24,26);1H/t14-,16-,18-;/m0./s1. The van der Waals surface area contributed by atoms with E-state index in [0.29, 0.717) is 29.3 Å². The van der Waals surface area contributed by atoms with Crippen LogP contribution in [0.3, 0.4) is 0 Å². The SMILES string of the molecule is Cl.O=C(c1nc2ccccc2c(=O)[nH]1)N1C[C@@H]2CNC[C@@H]2[C@@H]1c1ccccc1. The summed E-state index contributed by atoms with van der Waals surface area (Å²) >= 11 is 0. The summed E-state index contributed by atoms with van der Waals surface area (Å²) < 4.78 is 0. The molecule has 6 nitrogen and oxygen atoms in total. The predicted octanol–water partition coefficient (Wildman–Crippen LogP) is 2.38. The molecular formula is C21H21ClN4O2. The lowest BCUT2D eigenvalue weighted by molar-refractivity contribution is 0.0701. The monoisotopic (exact) mass is 396 g/mol. The summed E-state index contributed by atoms with van der Waals surface area (Å²) in [6, 6.07) is 17.2. The number of carbonyl (C=O) groups is 1. The Hall–Kier alpha value is -2.70. The number of para-hydroxylation sites is 1. The van der Waals surface area contributed by atoms with Crippen molar-refractivity contribution in [1.29, 1.82) is 0 Å². The van der Waals surface area contributed by atoms with Gasteiger partial charge in [-0.25, -0.2) is 4.98 Å². The number of carbonyl (C=O) groups excluding carboxylic acids is 1. The molecule has 1 amide bonds. The van der Waals surface area contributed by atoms with Gasteiger partial charge in [0.05, 0.1) is 16.9 Å². The zero-order valence-electron chi connectivity index (χ0n) is 15.2. The van der Waals surface area contributed by atoms with Gasteiger partial charge in [-0.3, -0.25) is 9.59 Å². The molecule has 3 atom stereocenters. The first-order valence-corrected chi connectivity index (χ1v) is 9.28. The smallest absolute Gasteiger partial charge is 0.290 e. The van der Waals surface area contributed by atoms with E-state index in [4.69, 9.17) is 0 Å². The van der Waals surface area contributed by atoms with Gasteiger partial charge in [-0.1, -0.05) is 42.5 Å². The van der Waals surface area contributed by atoms with Gasteiger partial charge in [0.25, 0.3) is 11.5 Å². The number of nitrogens with zero attached hydrogens (tertiary/aromatic N) is 2. The molecule has 2 N–H and O–H groups in total. The highest BCUT2D eigenvalue weighted by Gasteiger charge is 2.47. The fourth-order valence-corrected chi connectivity index (χ4v) is 4.53. The largest absolute Gasteiger partial charge is 0.328 e. The van der Waals surface area contributed by atoms with Crippen molar-refractivity contribution < 1.29 is 4.79 Å². The maximum atomic E-state index is 13.3. The van der Waals surface area contributed by atoms with Crippen LogP contribution in [0, 0.1) is 11.8 Å². The van der Waals surface area contributed by atoms with E-state index in [9.17, 15) is 9.59 Å². The highest BCUT2D eigenvalue weighted by atomic mass is 35.5. The van der Waals surface area contributed by atoms with Crippen molar-refractivity contribution in [2.75, 3.05) is 19.6 Å². The van der Waals surface area contributed by atoms with Crippen LogP contribution in [0.15, 0.2) is 59.4 Å². The molecule has 2 aliphatic rings. The van der Waals surface area contributed by atoms with E-state index in [1.165, 1.54) is 0 Å². The third-order valence-corrected chi connectivity index (χ3v) is 5.78. The quantitative estimate of drug-likeness (QED) is 0.697. The summed E-state index contributed by atoms with van der Waals surface area (Å²) in [5.74, 6) is 0.712. The summed E-state index contributed by atoms with van der Waals surface area (Å²) in [5.41, 5.74) is 1.40. The third-order valence-electron chi connectivity index (χ3n) is 5.78. The van der Waals surface area contributed by atoms with Crippen molar-refractivity contribution >= 4 is 29.2 Å². The van der Waals surface area contributed by atoms with Crippen LogP contribution in [-0.2, 0) is 0 Å². The normalized spacial score (nSPS) is 23.4. The number of halogens is 1. The minimum absolute atomic E-state index is 0. The molecule has 5 rings (SSSR count). The van der Waals surface area contributed by atoms with Gasteiger partial charge in [0.2, 0.25) is 0 Å². The summed E-state index contributed by atoms with van der Waals surface area (Å²) in [4.78, 5) is 34.7. The van der Waals surface area contributed by atoms with Crippen LogP contribution >= 0.6 is 12.4 Å². The topological polar surface area (TPSA) is 78.1 Å². The molecular weight excluding hydrogens is 376 g/mol. The number of hydrogen-bond donors (Lipinski definition) is 2. The van der Waals surface area contributed by atoms with Gasteiger partial charge in [0.1, 0.15) is 0 Å². The average molecular weight is 397 g/mol. The number of amides is 1. The van der Waals surface area contributed by atoms with Crippen LogP contribution in [0.2, 0.25) is 0 Å². The lowest BCUT2D eigenvalue weighted by Crippen LogP contribution is -2.36. The number of nitrogens with one attached hydrogen (secondary N) is 2. The number of aromatic amines is 1. The summed E-state index contributed by atoms with van der Waals surface area (Å²) in [5, 5.41) is 3.94. The summed E-state index contributed by atoms with van der Waals surface area (Å²) in [6.07, 6.45) is 0. The Morgan fingerprint density at radius 3 is 2.61 bits per heavy atom. The number of benzene rings is 2. The number of aromatic nitrogens is 2. The van der Waals surface area contributed by atoms with Crippen molar-refractivity contribution in [1.82, 2.24) is 20.2 Å². The van der Waals surface area contributed by atoms with Crippen LogP contribution in [0.1, 0.15) is 22.2 Å². The molecule has 1 aromatic heterocycles. The molecule has 0 bridgehead atoms. The van der Waals surface area contributed by atoms with E-state index < -0.39 is 0 Å². The lowest BCUT2D eigenvalue weighted by Gasteiger charge is -2.28. The fourth-order valence-electron chi connectivity index (χ4n) is 4.53. The third kappa shape index (κ3) is 2.99. The maximum absolute atomic E-state index is 13.3. The molecule has 0 unspecified atom stereocenters. The molecule has 7 heteroatoms. The molecule has 0 aliphatic carbocycles. The van der Waals surface area contributed by atoms with Crippen LogP contribution in [0.5, 0.6) is 0 Å². The second-order valence-corrected chi connectivity index (χ2v) is 7.33. The molecule has 2 fully saturated rings. The maximum Gasteiger partial charge on any atom is 0.290 e. The molecule has 3 aromatic rings. The Bertz CT molecular complexity index is 1070. The first-order chi connectivity index (χ1) is 13.2. The Morgan fingerprint density at radius 2 is 1.79 bits per heavy atom. The van der Waals surface area contributed by atoms with Gasteiger partial charge >= 0.3 is 0 Å². The minimum Gasteiger partial charge on any atom is -0.328 e. The number of rotatable bonds is 2. The van der Waals surface area contributed by atoms with Crippen molar-refractivity contribution in [3.8, 4) is 0 Å². The van der Waals surface area contributed by atoms with Crippen LogP contribution < -0.4 is 10.9 Å². The lowest BCUT2D eigenvalue weighted by atomic mass is 9.89. The van der Waals surface area contributed by atoms with E-state index in [0.717, 1.165) is 18.7 Å². The number of H-pyrrole nitrogens is 1. The van der Waals surface area contributed by atoms with Gasteiger partial charge in [-0.05, 0) is 23.6 Å². The van der Waals surface area contributed by atoms with Crippen LogP contribution in [-0.4, -0.2) is 40.4 Å². The van der Waals surface area contributed by atoms with Crippen LogP contribution in [0.4, 0.5) is 0 Å². The minimum atomic E-state index is -0.277. The number of hydrogen-bond acceptors (Lipinski definition) is 4. The van der Waals surface area contributed by atoms with Crippen molar-refractivity contribution in [3.63, 3.8) is 0 Å². The first kappa shape index (κ1) is 18.7. The fraction of sp³-hybridized carbons (Fsp3) is 0.286. The Balaban J connectivity index is 0.00000192. The number of likely N-dealkylation sites (tertiary alicyclic amines) is 1. The molecule has 28 heavy (non-hydrogen) atoms. The zero-order valence-corrected chi connectivity index (χ0v) is 16.0. The van der Waals surface area contributed by atoms with E-state index >= 15 is 0 Å². The van der Waals surface area contributed by atoms with E-state index in [-0.39, 0.29) is 35.7 Å². The van der Waals surface area contributed by atoms with E-state index in [2.05, 4.69) is 27.4 Å². The van der Waals surface area contributed by atoms with Gasteiger partial charge in [0.15, 0.2) is 5.82 Å². The van der Waals surface area contributed by atoms with Crippen molar-refractivity contribution in [2.24, 2.45) is 11.8 Å². The summed E-state index contributed by atoms with van der Waals surface area (Å²) in [6.45, 7) is 2.49. The second-order valence-electron chi connectivity index (χ2n) is 7.33. The highest BCUT2D eigenvalue weighted by Crippen LogP contribution is 2.42. The van der Waals surface area contributed by atoms with Gasteiger partial charge in [-0.15, -0.1) is 12.4 Å². The first-order valence-electron chi connectivity index (χ1n) is 9.28. The zero-order chi connectivity index (χ0) is 18.4. The molecule has 2 aliphatic heterocycles. The van der Waals surface area contributed by atoms with Gasteiger partial charge < -0.3 is 15.2 Å². The second kappa shape index (κ2) is 7.37.